The van der Waals surface area contributed by atoms with Gasteiger partial charge in [-0.3, -0.25) is 9.63 Å². The molecule has 2 N–H and O–H groups in total. The van der Waals surface area contributed by atoms with Gasteiger partial charge >= 0.3 is 0 Å². The summed E-state index contributed by atoms with van der Waals surface area (Å²) in [4.78, 5) is 17.8. The maximum Gasteiger partial charge on any atom is 0.251 e. The zero-order valence-corrected chi connectivity index (χ0v) is 11.0. The molecule has 1 atom stereocenters. The summed E-state index contributed by atoms with van der Waals surface area (Å²) in [5.74, 6) is -0.111. The van der Waals surface area contributed by atoms with E-state index in [4.69, 9.17) is 4.84 Å². The third-order valence-electron chi connectivity index (χ3n) is 4.03. The van der Waals surface area contributed by atoms with Crippen molar-refractivity contribution in [2.24, 2.45) is 0 Å². The summed E-state index contributed by atoms with van der Waals surface area (Å²) in [5.41, 5.74) is 4.80. The molecular weight excluding hydrogens is 240 g/mol. The van der Waals surface area contributed by atoms with Crippen LogP contribution >= 0.6 is 0 Å². The minimum Gasteiger partial charge on any atom is -0.385 e. The van der Waals surface area contributed by atoms with E-state index in [9.17, 15) is 4.79 Å². The molecule has 102 valence electrons. The zero-order chi connectivity index (χ0) is 13.1. The summed E-state index contributed by atoms with van der Waals surface area (Å²) in [6.07, 6.45) is 5.55. The van der Waals surface area contributed by atoms with Crippen LogP contribution in [0.1, 0.15) is 43.6 Å². The van der Waals surface area contributed by atoms with Crippen molar-refractivity contribution in [3.63, 3.8) is 0 Å². The molecule has 0 aromatic heterocycles. The van der Waals surface area contributed by atoms with Crippen molar-refractivity contribution >= 4 is 11.6 Å². The lowest BCUT2D eigenvalue weighted by Crippen LogP contribution is -2.35. The van der Waals surface area contributed by atoms with Crippen LogP contribution in [0.3, 0.4) is 0 Å². The molecule has 19 heavy (non-hydrogen) atoms. The largest absolute Gasteiger partial charge is 0.385 e. The summed E-state index contributed by atoms with van der Waals surface area (Å²) in [5, 5.41) is 3.32. The molecule has 1 aliphatic carbocycles. The molecule has 1 aromatic carbocycles. The molecule has 0 radical (unpaired) electrons. The standard InChI is InChI=1S/C15H20N2O2/c18-15(17-19-11-5-1-2-6-11)13-9-10-16-14-8-4-3-7-12(13)14/h3-4,7-8,11,13,16H,1-2,5-6,9-10H2,(H,17,18). The highest BCUT2D eigenvalue weighted by molar-refractivity contribution is 5.85. The van der Waals surface area contributed by atoms with E-state index in [-0.39, 0.29) is 17.9 Å². The van der Waals surface area contributed by atoms with Gasteiger partial charge in [-0.2, -0.15) is 0 Å². The van der Waals surface area contributed by atoms with Crippen molar-refractivity contribution in [1.29, 1.82) is 0 Å². The van der Waals surface area contributed by atoms with E-state index in [1.807, 2.05) is 24.3 Å². The Morgan fingerprint density at radius 2 is 2.00 bits per heavy atom. The van der Waals surface area contributed by atoms with E-state index >= 15 is 0 Å². The van der Waals surface area contributed by atoms with Gasteiger partial charge in [-0.15, -0.1) is 0 Å². The van der Waals surface area contributed by atoms with Gasteiger partial charge in [0, 0.05) is 12.2 Å². The molecule has 3 rings (SSSR count). The van der Waals surface area contributed by atoms with E-state index in [1.54, 1.807) is 0 Å². The second kappa shape index (κ2) is 5.61. The van der Waals surface area contributed by atoms with Gasteiger partial charge in [0.05, 0.1) is 12.0 Å². The molecule has 1 fully saturated rings. The second-order valence-electron chi connectivity index (χ2n) is 5.35. The van der Waals surface area contributed by atoms with Crippen LogP contribution in [0.4, 0.5) is 5.69 Å². The Balaban J connectivity index is 1.64. The first-order valence-corrected chi connectivity index (χ1v) is 7.13. The number of amides is 1. The average molecular weight is 260 g/mol. The topological polar surface area (TPSA) is 50.4 Å². The second-order valence-corrected chi connectivity index (χ2v) is 5.35. The molecule has 2 aliphatic rings. The Labute approximate surface area is 113 Å². The fourth-order valence-corrected chi connectivity index (χ4v) is 2.96. The number of benzene rings is 1. The zero-order valence-electron chi connectivity index (χ0n) is 11.0. The van der Waals surface area contributed by atoms with Crippen LogP contribution < -0.4 is 10.8 Å². The SMILES string of the molecule is O=C(NOC1CCCC1)C1CCNc2ccccc21. The first-order valence-electron chi connectivity index (χ1n) is 7.13. The first-order chi connectivity index (χ1) is 9.34. The predicted octanol–water partition coefficient (Wildman–Crippen LogP) is 2.58. The minimum atomic E-state index is -0.0983. The highest BCUT2D eigenvalue weighted by Gasteiger charge is 2.27. The number of para-hydroxylation sites is 1. The Bertz CT molecular complexity index is 455. The van der Waals surface area contributed by atoms with Crippen LogP contribution in [0.5, 0.6) is 0 Å². The third kappa shape index (κ3) is 2.73. The maximum atomic E-state index is 12.3. The van der Waals surface area contributed by atoms with Gasteiger partial charge in [0.2, 0.25) is 0 Å². The Hall–Kier alpha value is -1.55. The Morgan fingerprint density at radius 1 is 1.21 bits per heavy atom. The highest BCUT2D eigenvalue weighted by atomic mass is 16.7. The lowest BCUT2D eigenvalue weighted by Gasteiger charge is -2.26. The van der Waals surface area contributed by atoms with E-state index in [1.165, 1.54) is 12.8 Å². The highest BCUT2D eigenvalue weighted by Crippen LogP contribution is 2.31. The fourth-order valence-electron chi connectivity index (χ4n) is 2.96. The number of anilines is 1. The van der Waals surface area contributed by atoms with Gasteiger partial charge in [-0.05, 0) is 30.9 Å². The fraction of sp³-hybridized carbons (Fsp3) is 0.533. The van der Waals surface area contributed by atoms with Gasteiger partial charge < -0.3 is 5.32 Å². The number of fused-ring (bicyclic) bond motifs is 1. The molecule has 0 spiro atoms. The molecule has 1 aromatic rings. The van der Waals surface area contributed by atoms with Crippen molar-refractivity contribution in [2.75, 3.05) is 11.9 Å². The number of hydrogen-bond donors (Lipinski definition) is 2. The monoisotopic (exact) mass is 260 g/mol. The van der Waals surface area contributed by atoms with Crippen LogP contribution in [-0.4, -0.2) is 18.6 Å². The smallest absolute Gasteiger partial charge is 0.251 e. The molecular formula is C15H20N2O2. The van der Waals surface area contributed by atoms with Gasteiger partial charge in [-0.1, -0.05) is 31.0 Å². The van der Waals surface area contributed by atoms with Gasteiger partial charge in [0.1, 0.15) is 0 Å². The summed E-state index contributed by atoms with van der Waals surface area (Å²) in [6, 6.07) is 8.00. The van der Waals surface area contributed by atoms with E-state index in [0.717, 1.165) is 37.1 Å². The molecule has 1 saturated carbocycles. The van der Waals surface area contributed by atoms with Gasteiger partial charge in [0.15, 0.2) is 0 Å². The number of carbonyl (C=O) groups is 1. The predicted molar refractivity (Wildman–Crippen MR) is 73.8 cm³/mol. The minimum absolute atomic E-state index is 0.0131. The molecule has 0 bridgehead atoms. The third-order valence-corrected chi connectivity index (χ3v) is 4.03. The Morgan fingerprint density at radius 3 is 2.84 bits per heavy atom. The quantitative estimate of drug-likeness (QED) is 0.821. The Kier molecular flexibility index (Phi) is 3.69. The summed E-state index contributed by atoms with van der Waals surface area (Å²) in [6.45, 7) is 0.832. The number of carbonyl (C=O) groups excluding carboxylic acids is 1. The lowest BCUT2D eigenvalue weighted by molar-refractivity contribution is -0.139. The summed E-state index contributed by atoms with van der Waals surface area (Å²) in [7, 11) is 0. The molecule has 1 aliphatic heterocycles. The number of rotatable bonds is 3. The van der Waals surface area contributed by atoms with Crippen molar-refractivity contribution in [2.45, 2.75) is 44.1 Å². The van der Waals surface area contributed by atoms with Crippen molar-refractivity contribution < 1.29 is 9.63 Å². The van der Waals surface area contributed by atoms with Crippen LogP contribution in [0, 0.1) is 0 Å². The summed E-state index contributed by atoms with van der Waals surface area (Å²) >= 11 is 0. The van der Waals surface area contributed by atoms with Crippen LogP contribution in [0.2, 0.25) is 0 Å². The van der Waals surface area contributed by atoms with E-state index in [0.29, 0.717) is 0 Å². The van der Waals surface area contributed by atoms with E-state index in [2.05, 4.69) is 10.8 Å². The normalized spacial score (nSPS) is 22.6. The summed E-state index contributed by atoms with van der Waals surface area (Å²) < 4.78 is 0. The van der Waals surface area contributed by atoms with Gasteiger partial charge in [-0.25, -0.2) is 5.48 Å². The van der Waals surface area contributed by atoms with Crippen molar-refractivity contribution in [3.05, 3.63) is 29.8 Å². The first kappa shape index (κ1) is 12.5. The lowest BCUT2D eigenvalue weighted by atomic mass is 9.90. The number of hydroxylamine groups is 1. The maximum absolute atomic E-state index is 12.3. The number of nitrogens with one attached hydrogen (secondary N) is 2. The van der Waals surface area contributed by atoms with Crippen LogP contribution in [0.15, 0.2) is 24.3 Å². The molecule has 1 unspecified atom stereocenters. The van der Waals surface area contributed by atoms with Crippen LogP contribution in [0.25, 0.3) is 0 Å². The van der Waals surface area contributed by atoms with Gasteiger partial charge in [0.25, 0.3) is 5.91 Å². The molecule has 1 heterocycles. The van der Waals surface area contributed by atoms with Crippen LogP contribution in [-0.2, 0) is 9.63 Å². The van der Waals surface area contributed by atoms with Crippen molar-refractivity contribution in [1.82, 2.24) is 5.48 Å². The molecule has 0 saturated heterocycles. The molecule has 4 nitrogen and oxygen atoms in total. The number of hydrogen-bond acceptors (Lipinski definition) is 3. The molecule has 1 amide bonds. The van der Waals surface area contributed by atoms with E-state index < -0.39 is 0 Å². The molecule has 4 heteroatoms. The average Bonchev–Trinajstić information content (AvgIpc) is 2.97. The van der Waals surface area contributed by atoms with Crippen molar-refractivity contribution in [3.8, 4) is 0 Å².